The van der Waals surface area contributed by atoms with E-state index in [1.165, 1.54) is 6.08 Å². The van der Waals surface area contributed by atoms with E-state index in [4.69, 9.17) is 0 Å². The molecule has 0 aliphatic carbocycles. The zero-order chi connectivity index (χ0) is 9.26. The van der Waals surface area contributed by atoms with Crippen LogP contribution in [-0.2, 0) is 4.79 Å². The molecule has 0 aliphatic heterocycles. The maximum Gasteiger partial charge on any atom is 0.240 e. The molecular formula is C8H6N4O. The molecule has 2 heterocycles. The summed E-state index contributed by atoms with van der Waals surface area (Å²) in [5.41, 5.74) is 1.28. The number of aliphatic imine (C=N–C) groups is 1. The van der Waals surface area contributed by atoms with Gasteiger partial charge in [-0.2, -0.15) is 4.99 Å². The van der Waals surface area contributed by atoms with E-state index in [0.717, 1.165) is 11.5 Å². The Hall–Kier alpha value is -2.00. The van der Waals surface area contributed by atoms with Crippen molar-refractivity contribution in [2.75, 3.05) is 0 Å². The summed E-state index contributed by atoms with van der Waals surface area (Å²) in [6.07, 6.45) is 3.17. The zero-order valence-electron chi connectivity index (χ0n) is 6.93. The third-order valence-electron chi connectivity index (χ3n) is 1.73. The first-order valence-corrected chi connectivity index (χ1v) is 3.70. The molecule has 0 amide bonds. The lowest BCUT2D eigenvalue weighted by Gasteiger charge is -1.94. The van der Waals surface area contributed by atoms with Gasteiger partial charge in [0.1, 0.15) is 5.82 Å². The third-order valence-corrected chi connectivity index (χ3v) is 1.73. The molecule has 0 spiro atoms. The van der Waals surface area contributed by atoms with Crippen LogP contribution in [-0.4, -0.2) is 20.7 Å². The van der Waals surface area contributed by atoms with Crippen LogP contribution >= 0.6 is 0 Å². The first kappa shape index (κ1) is 7.64. The van der Waals surface area contributed by atoms with Crippen molar-refractivity contribution in [1.29, 1.82) is 0 Å². The highest BCUT2D eigenvalue weighted by atomic mass is 16.1. The Morgan fingerprint density at radius 1 is 1.46 bits per heavy atom. The predicted molar refractivity (Wildman–Crippen MR) is 45.5 cm³/mol. The molecule has 0 saturated carbocycles. The summed E-state index contributed by atoms with van der Waals surface area (Å²) < 4.78 is 1.76. The number of rotatable bonds is 1. The second-order valence-electron chi connectivity index (χ2n) is 2.57. The van der Waals surface area contributed by atoms with E-state index < -0.39 is 0 Å². The van der Waals surface area contributed by atoms with Crippen molar-refractivity contribution in [2.45, 2.75) is 6.92 Å². The molecule has 64 valence electrons. The van der Waals surface area contributed by atoms with Crippen molar-refractivity contribution < 1.29 is 4.79 Å². The molecule has 0 atom stereocenters. The van der Waals surface area contributed by atoms with E-state index in [0.29, 0.717) is 5.69 Å². The molecule has 0 aromatic carbocycles. The Morgan fingerprint density at radius 3 is 3.08 bits per heavy atom. The van der Waals surface area contributed by atoms with Gasteiger partial charge in [-0.25, -0.2) is 4.79 Å². The van der Waals surface area contributed by atoms with Crippen LogP contribution in [0.4, 0.5) is 5.69 Å². The van der Waals surface area contributed by atoms with Gasteiger partial charge in [0.15, 0.2) is 5.65 Å². The summed E-state index contributed by atoms with van der Waals surface area (Å²) in [6.45, 7) is 1.83. The number of nitrogens with zero attached hydrogens (tertiary/aromatic N) is 4. The Balaban J connectivity index is 2.72. The Labute approximate surface area is 73.7 Å². The number of aromatic nitrogens is 3. The third kappa shape index (κ3) is 1.21. The topological polar surface area (TPSA) is 59.6 Å². The normalized spacial score (nSPS) is 9.92. The van der Waals surface area contributed by atoms with Crippen LogP contribution in [0, 0.1) is 6.92 Å². The lowest BCUT2D eigenvalue weighted by atomic mass is 10.4. The van der Waals surface area contributed by atoms with E-state index in [9.17, 15) is 4.79 Å². The Morgan fingerprint density at radius 2 is 2.31 bits per heavy atom. The highest BCUT2D eigenvalue weighted by Gasteiger charge is 1.99. The van der Waals surface area contributed by atoms with Crippen LogP contribution < -0.4 is 0 Å². The van der Waals surface area contributed by atoms with E-state index in [2.05, 4.69) is 15.2 Å². The number of fused-ring (bicyclic) bond motifs is 1. The molecule has 0 unspecified atom stereocenters. The fraction of sp³-hybridized carbons (Fsp3) is 0.125. The summed E-state index contributed by atoms with van der Waals surface area (Å²) in [7, 11) is 0. The van der Waals surface area contributed by atoms with Gasteiger partial charge in [-0.05, 0) is 19.1 Å². The minimum absolute atomic E-state index is 0.547. The number of pyridine rings is 1. The lowest BCUT2D eigenvalue weighted by Crippen LogP contribution is -1.85. The summed E-state index contributed by atoms with van der Waals surface area (Å²) in [6, 6.07) is 3.44. The van der Waals surface area contributed by atoms with E-state index >= 15 is 0 Å². The molecular weight excluding hydrogens is 168 g/mol. The second-order valence-corrected chi connectivity index (χ2v) is 2.57. The summed E-state index contributed by atoms with van der Waals surface area (Å²) in [5.74, 6) is 0.762. The highest BCUT2D eigenvalue weighted by Crippen LogP contribution is 2.12. The number of hydrogen-bond donors (Lipinski definition) is 0. The van der Waals surface area contributed by atoms with Gasteiger partial charge in [0, 0.05) is 6.20 Å². The molecule has 5 nitrogen and oxygen atoms in total. The number of aryl methyl sites for hydroxylation is 1. The van der Waals surface area contributed by atoms with Crippen molar-refractivity contribution in [3.05, 3.63) is 24.2 Å². The molecule has 0 radical (unpaired) electrons. The molecule has 0 N–H and O–H groups in total. The summed E-state index contributed by atoms with van der Waals surface area (Å²) in [4.78, 5) is 13.5. The van der Waals surface area contributed by atoms with Crippen LogP contribution in [0.15, 0.2) is 23.3 Å². The monoisotopic (exact) mass is 174 g/mol. The number of carbonyl (C=O) groups excluding carboxylic acids is 1. The molecule has 13 heavy (non-hydrogen) atoms. The van der Waals surface area contributed by atoms with E-state index in [-0.39, 0.29) is 0 Å². The summed E-state index contributed by atoms with van der Waals surface area (Å²) in [5, 5.41) is 7.76. The Bertz CT molecular complexity index is 496. The van der Waals surface area contributed by atoms with Gasteiger partial charge in [-0.3, -0.25) is 4.40 Å². The molecule has 2 rings (SSSR count). The van der Waals surface area contributed by atoms with Crippen LogP contribution in [0.2, 0.25) is 0 Å². The minimum atomic E-state index is 0.547. The smallest absolute Gasteiger partial charge is 0.240 e. The van der Waals surface area contributed by atoms with Gasteiger partial charge < -0.3 is 0 Å². The average molecular weight is 174 g/mol. The van der Waals surface area contributed by atoms with Gasteiger partial charge in [0.25, 0.3) is 0 Å². The molecule has 0 aliphatic rings. The minimum Gasteiger partial charge on any atom is -0.284 e. The fourth-order valence-corrected chi connectivity index (χ4v) is 1.11. The van der Waals surface area contributed by atoms with E-state index in [1.54, 1.807) is 22.7 Å². The zero-order valence-corrected chi connectivity index (χ0v) is 6.93. The van der Waals surface area contributed by atoms with Gasteiger partial charge in [-0.15, -0.1) is 10.2 Å². The van der Waals surface area contributed by atoms with Gasteiger partial charge in [0.05, 0.1) is 5.69 Å². The molecule has 2 aromatic rings. The SMILES string of the molecule is Cc1nnc2ccc(N=C=O)cn12. The lowest BCUT2D eigenvalue weighted by molar-refractivity contribution is 0.565. The number of hydrogen-bond acceptors (Lipinski definition) is 4. The molecule has 2 aromatic heterocycles. The number of isocyanates is 1. The largest absolute Gasteiger partial charge is 0.284 e. The second kappa shape index (κ2) is 2.80. The first-order valence-electron chi connectivity index (χ1n) is 3.70. The first-order chi connectivity index (χ1) is 6.31. The average Bonchev–Trinajstić information content (AvgIpc) is 2.49. The highest BCUT2D eigenvalue weighted by molar-refractivity contribution is 5.52. The van der Waals surface area contributed by atoms with Crippen LogP contribution in [0.3, 0.4) is 0 Å². The van der Waals surface area contributed by atoms with Crippen molar-refractivity contribution in [3.8, 4) is 0 Å². The van der Waals surface area contributed by atoms with Gasteiger partial charge in [0.2, 0.25) is 6.08 Å². The van der Waals surface area contributed by atoms with Crippen molar-refractivity contribution in [2.24, 2.45) is 4.99 Å². The Kier molecular flexibility index (Phi) is 1.65. The van der Waals surface area contributed by atoms with Crippen molar-refractivity contribution in [3.63, 3.8) is 0 Å². The summed E-state index contributed by atoms with van der Waals surface area (Å²) >= 11 is 0. The molecule has 0 saturated heterocycles. The van der Waals surface area contributed by atoms with Crippen LogP contribution in [0.1, 0.15) is 5.82 Å². The van der Waals surface area contributed by atoms with Crippen molar-refractivity contribution in [1.82, 2.24) is 14.6 Å². The van der Waals surface area contributed by atoms with Crippen LogP contribution in [0.25, 0.3) is 5.65 Å². The van der Waals surface area contributed by atoms with Gasteiger partial charge >= 0.3 is 0 Å². The maximum absolute atomic E-state index is 10.0. The van der Waals surface area contributed by atoms with Gasteiger partial charge in [-0.1, -0.05) is 0 Å². The molecule has 0 bridgehead atoms. The fourth-order valence-electron chi connectivity index (χ4n) is 1.11. The molecule has 5 heteroatoms. The maximum atomic E-state index is 10.0. The van der Waals surface area contributed by atoms with Crippen molar-refractivity contribution >= 4 is 17.4 Å². The van der Waals surface area contributed by atoms with E-state index in [1.807, 2.05) is 6.92 Å². The molecule has 0 fully saturated rings. The standard InChI is InChI=1S/C8H6N4O/c1-6-10-11-8-3-2-7(9-5-13)4-12(6)8/h2-4H,1H3. The quantitative estimate of drug-likeness (QED) is 0.478. The van der Waals surface area contributed by atoms with Crippen LogP contribution in [0.5, 0.6) is 0 Å². The predicted octanol–water partition coefficient (Wildman–Crippen LogP) is 1.01.